The maximum atomic E-state index is 6.19. The SMILES string of the molecule is CCC(Nc1c(C)cccc1Cl)C1CC1. The fourth-order valence-electron chi connectivity index (χ4n) is 2.05. The minimum atomic E-state index is 0.601. The number of benzene rings is 1. The molecule has 0 spiro atoms. The maximum absolute atomic E-state index is 6.19. The molecule has 1 fully saturated rings. The van der Waals surface area contributed by atoms with Crippen molar-refractivity contribution in [3.8, 4) is 0 Å². The molecule has 0 radical (unpaired) electrons. The van der Waals surface area contributed by atoms with Gasteiger partial charge in [0.15, 0.2) is 0 Å². The van der Waals surface area contributed by atoms with Crippen LogP contribution in [0.3, 0.4) is 0 Å². The average Bonchev–Trinajstić information content (AvgIpc) is 3.01. The quantitative estimate of drug-likeness (QED) is 0.805. The molecule has 0 saturated heterocycles. The van der Waals surface area contributed by atoms with E-state index in [0.717, 1.165) is 16.6 Å². The summed E-state index contributed by atoms with van der Waals surface area (Å²) in [6.07, 6.45) is 3.92. The summed E-state index contributed by atoms with van der Waals surface area (Å²) in [4.78, 5) is 0. The molecule has 1 aliphatic carbocycles. The van der Waals surface area contributed by atoms with Gasteiger partial charge in [0.05, 0.1) is 10.7 Å². The monoisotopic (exact) mass is 223 g/mol. The van der Waals surface area contributed by atoms with Crippen LogP contribution in [0.1, 0.15) is 31.7 Å². The minimum absolute atomic E-state index is 0.601. The van der Waals surface area contributed by atoms with Gasteiger partial charge in [0.2, 0.25) is 0 Å². The van der Waals surface area contributed by atoms with Gasteiger partial charge >= 0.3 is 0 Å². The zero-order valence-corrected chi connectivity index (χ0v) is 10.1. The highest BCUT2D eigenvalue weighted by Crippen LogP contribution is 2.37. The van der Waals surface area contributed by atoms with E-state index in [1.165, 1.54) is 24.8 Å². The van der Waals surface area contributed by atoms with Crippen LogP contribution in [0.5, 0.6) is 0 Å². The lowest BCUT2D eigenvalue weighted by Gasteiger charge is -2.20. The third-order valence-corrected chi connectivity index (χ3v) is 3.50. The van der Waals surface area contributed by atoms with Crippen molar-refractivity contribution < 1.29 is 0 Å². The number of para-hydroxylation sites is 1. The van der Waals surface area contributed by atoms with Crippen molar-refractivity contribution in [3.05, 3.63) is 28.8 Å². The second-order valence-electron chi connectivity index (χ2n) is 4.43. The smallest absolute Gasteiger partial charge is 0.0640 e. The Labute approximate surface area is 96.8 Å². The van der Waals surface area contributed by atoms with E-state index < -0.39 is 0 Å². The molecule has 2 rings (SSSR count). The zero-order chi connectivity index (χ0) is 10.8. The summed E-state index contributed by atoms with van der Waals surface area (Å²) in [6, 6.07) is 6.66. The molecule has 0 heterocycles. The van der Waals surface area contributed by atoms with Crippen LogP contribution in [0.25, 0.3) is 0 Å². The van der Waals surface area contributed by atoms with E-state index in [1.54, 1.807) is 0 Å². The molecule has 1 nitrogen and oxygen atoms in total. The van der Waals surface area contributed by atoms with E-state index in [9.17, 15) is 0 Å². The molecule has 0 aliphatic heterocycles. The van der Waals surface area contributed by atoms with Crippen LogP contribution in [0.2, 0.25) is 5.02 Å². The molecule has 1 saturated carbocycles. The van der Waals surface area contributed by atoms with E-state index in [1.807, 2.05) is 12.1 Å². The second kappa shape index (κ2) is 4.44. The van der Waals surface area contributed by atoms with E-state index in [0.29, 0.717) is 6.04 Å². The molecule has 1 aliphatic rings. The third-order valence-electron chi connectivity index (χ3n) is 3.18. The lowest BCUT2D eigenvalue weighted by atomic mass is 10.1. The van der Waals surface area contributed by atoms with Crippen molar-refractivity contribution in [2.45, 2.75) is 39.2 Å². The number of aryl methyl sites for hydroxylation is 1. The molecule has 1 N–H and O–H groups in total. The summed E-state index contributed by atoms with van der Waals surface area (Å²) < 4.78 is 0. The summed E-state index contributed by atoms with van der Waals surface area (Å²) in [5.74, 6) is 0.866. The highest BCUT2D eigenvalue weighted by molar-refractivity contribution is 6.33. The molecule has 2 heteroatoms. The lowest BCUT2D eigenvalue weighted by molar-refractivity contribution is 0.616. The molecule has 0 bridgehead atoms. The Bertz CT molecular complexity index is 324. The average molecular weight is 224 g/mol. The summed E-state index contributed by atoms with van der Waals surface area (Å²) in [5, 5.41) is 4.44. The predicted octanol–water partition coefficient (Wildman–Crippen LogP) is 4.25. The Morgan fingerprint density at radius 3 is 2.73 bits per heavy atom. The first-order valence-electron chi connectivity index (χ1n) is 5.74. The summed E-state index contributed by atoms with van der Waals surface area (Å²) >= 11 is 6.19. The largest absolute Gasteiger partial charge is 0.381 e. The van der Waals surface area contributed by atoms with Crippen LogP contribution in [0.15, 0.2) is 18.2 Å². The van der Waals surface area contributed by atoms with Crippen LogP contribution >= 0.6 is 11.6 Å². The van der Waals surface area contributed by atoms with E-state index in [-0.39, 0.29) is 0 Å². The first-order chi connectivity index (χ1) is 7.22. The Hall–Kier alpha value is -0.690. The highest BCUT2D eigenvalue weighted by atomic mass is 35.5. The van der Waals surface area contributed by atoms with Crippen LogP contribution in [0.4, 0.5) is 5.69 Å². The summed E-state index contributed by atoms with van der Waals surface area (Å²) in [6.45, 7) is 4.34. The molecule has 0 aromatic heterocycles. The molecule has 1 aromatic carbocycles. The molecule has 0 amide bonds. The topological polar surface area (TPSA) is 12.0 Å². The molecular weight excluding hydrogens is 206 g/mol. The number of nitrogens with one attached hydrogen (secondary N) is 1. The second-order valence-corrected chi connectivity index (χ2v) is 4.84. The van der Waals surface area contributed by atoms with Gasteiger partial charge in [-0.05, 0) is 43.7 Å². The molecular formula is C13H18ClN. The van der Waals surface area contributed by atoms with E-state index >= 15 is 0 Å². The van der Waals surface area contributed by atoms with E-state index in [4.69, 9.17) is 11.6 Å². The normalized spacial score (nSPS) is 17.5. The fraction of sp³-hybridized carbons (Fsp3) is 0.538. The molecule has 1 aromatic rings. The Balaban J connectivity index is 2.14. The summed E-state index contributed by atoms with van der Waals surface area (Å²) in [5.41, 5.74) is 2.36. The standard InChI is InChI=1S/C13H18ClN/c1-3-12(10-7-8-10)15-13-9(2)5-4-6-11(13)14/h4-6,10,12,15H,3,7-8H2,1-2H3. The Morgan fingerprint density at radius 1 is 1.47 bits per heavy atom. The molecule has 1 atom stereocenters. The van der Waals surface area contributed by atoms with Crippen molar-refractivity contribution in [1.29, 1.82) is 0 Å². The van der Waals surface area contributed by atoms with Crippen molar-refractivity contribution in [2.75, 3.05) is 5.32 Å². The van der Waals surface area contributed by atoms with Crippen molar-refractivity contribution in [3.63, 3.8) is 0 Å². The van der Waals surface area contributed by atoms with Gasteiger partial charge in [0.1, 0.15) is 0 Å². The Kier molecular flexibility index (Phi) is 3.20. The minimum Gasteiger partial charge on any atom is -0.381 e. The number of anilines is 1. The van der Waals surface area contributed by atoms with Gasteiger partial charge < -0.3 is 5.32 Å². The Morgan fingerprint density at radius 2 is 2.20 bits per heavy atom. The van der Waals surface area contributed by atoms with Gasteiger partial charge in [-0.2, -0.15) is 0 Å². The van der Waals surface area contributed by atoms with Crippen LogP contribution in [-0.2, 0) is 0 Å². The highest BCUT2D eigenvalue weighted by Gasteiger charge is 2.30. The van der Waals surface area contributed by atoms with Crippen molar-refractivity contribution in [1.82, 2.24) is 0 Å². The van der Waals surface area contributed by atoms with Crippen LogP contribution in [0, 0.1) is 12.8 Å². The first-order valence-corrected chi connectivity index (χ1v) is 6.11. The van der Waals surface area contributed by atoms with Gasteiger partial charge in [-0.1, -0.05) is 30.7 Å². The molecule has 82 valence electrons. The zero-order valence-electron chi connectivity index (χ0n) is 9.39. The van der Waals surface area contributed by atoms with E-state index in [2.05, 4.69) is 25.2 Å². The number of halogens is 1. The number of rotatable bonds is 4. The fourth-order valence-corrected chi connectivity index (χ4v) is 2.33. The van der Waals surface area contributed by atoms with Gasteiger partial charge in [-0.25, -0.2) is 0 Å². The third kappa shape index (κ3) is 2.46. The number of hydrogen-bond donors (Lipinski definition) is 1. The lowest BCUT2D eigenvalue weighted by Crippen LogP contribution is -2.21. The van der Waals surface area contributed by atoms with Gasteiger partial charge in [-0.15, -0.1) is 0 Å². The van der Waals surface area contributed by atoms with Gasteiger partial charge in [-0.3, -0.25) is 0 Å². The van der Waals surface area contributed by atoms with Gasteiger partial charge in [0, 0.05) is 6.04 Å². The first kappa shape index (κ1) is 10.8. The van der Waals surface area contributed by atoms with Crippen molar-refractivity contribution >= 4 is 17.3 Å². The van der Waals surface area contributed by atoms with Crippen LogP contribution in [-0.4, -0.2) is 6.04 Å². The van der Waals surface area contributed by atoms with Gasteiger partial charge in [0.25, 0.3) is 0 Å². The number of hydrogen-bond acceptors (Lipinski definition) is 1. The van der Waals surface area contributed by atoms with Crippen LogP contribution < -0.4 is 5.32 Å². The van der Waals surface area contributed by atoms with Crippen molar-refractivity contribution in [2.24, 2.45) is 5.92 Å². The summed E-state index contributed by atoms with van der Waals surface area (Å²) in [7, 11) is 0. The maximum Gasteiger partial charge on any atom is 0.0640 e. The molecule has 1 unspecified atom stereocenters. The molecule has 15 heavy (non-hydrogen) atoms. The predicted molar refractivity (Wildman–Crippen MR) is 66.6 cm³/mol.